The Morgan fingerprint density at radius 1 is 1.44 bits per heavy atom. The molecule has 0 bridgehead atoms. The molecule has 1 aromatic carbocycles. The van der Waals surface area contributed by atoms with Crippen LogP contribution in [0.15, 0.2) is 21.5 Å². The molecule has 0 saturated heterocycles. The molecule has 1 saturated carbocycles. The van der Waals surface area contributed by atoms with Gasteiger partial charge in [-0.05, 0) is 40.9 Å². The third kappa shape index (κ3) is 2.26. The number of hydrogen-bond acceptors (Lipinski definition) is 3. The van der Waals surface area contributed by atoms with Crippen molar-refractivity contribution in [2.24, 2.45) is 0 Å². The fourth-order valence-electron chi connectivity index (χ4n) is 1.84. The van der Waals surface area contributed by atoms with Crippen molar-refractivity contribution in [3.63, 3.8) is 0 Å². The van der Waals surface area contributed by atoms with Gasteiger partial charge in [-0.1, -0.05) is 6.42 Å². The number of benzene rings is 1. The van der Waals surface area contributed by atoms with Crippen molar-refractivity contribution in [2.45, 2.75) is 30.2 Å². The van der Waals surface area contributed by atoms with Crippen LogP contribution in [0.4, 0.5) is 10.1 Å². The summed E-state index contributed by atoms with van der Waals surface area (Å²) >= 11 is 3.06. The summed E-state index contributed by atoms with van der Waals surface area (Å²) in [7, 11) is -2.33. The van der Waals surface area contributed by atoms with E-state index in [0.29, 0.717) is 4.47 Å². The number of anilines is 1. The van der Waals surface area contributed by atoms with Gasteiger partial charge < -0.3 is 5.73 Å². The van der Waals surface area contributed by atoms with Gasteiger partial charge in [0.25, 0.3) is 0 Å². The first-order valence-electron chi connectivity index (χ1n) is 5.56. The Bertz CT molecular complexity index is 573. The second kappa shape index (κ2) is 4.79. The quantitative estimate of drug-likeness (QED) is 0.861. The number of nitrogens with zero attached hydrogens (tertiary/aromatic N) is 1. The van der Waals surface area contributed by atoms with Gasteiger partial charge in [0.1, 0.15) is 10.7 Å². The van der Waals surface area contributed by atoms with Gasteiger partial charge >= 0.3 is 0 Å². The molecular formula is C11H14BrFN2O2S. The van der Waals surface area contributed by atoms with Gasteiger partial charge in [-0.25, -0.2) is 12.8 Å². The molecule has 2 N–H and O–H groups in total. The molecule has 100 valence electrons. The Morgan fingerprint density at radius 3 is 2.56 bits per heavy atom. The van der Waals surface area contributed by atoms with E-state index in [0.717, 1.165) is 31.4 Å². The molecule has 0 aromatic heterocycles. The second-order valence-corrected chi connectivity index (χ2v) is 7.23. The van der Waals surface area contributed by atoms with Crippen molar-refractivity contribution >= 4 is 31.6 Å². The van der Waals surface area contributed by atoms with Gasteiger partial charge in [0.2, 0.25) is 10.0 Å². The Labute approximate surface area is 114 Å². The molecule has 1 aliphatic rings. The zero-order valence-electron chi connectivity index (χ0n) is 9.86. The molecule has 0 unspecified atom stereocenters. The molecule has 0 atom stereocenters. The van der Waals surface area contributed by atoms with Crippen molar-refractivity contribution in [1.29, 1.82) is 0 Å². The first-order valence-corrected chi connectivity index (χ1v) is 7.80. The van der Waals surface area contributed by atoms with E-state index in [1.54, 1.807) is 0 Å². The summed E-state index contributed by atoms with van der Waals surface area (Å²) < 4.78 is 39.9. The average molecular weight is 337 g/mol. The normalized spacial score (nSPS) is 16.9. The predicted octanol–water partition coefficient (Wildman–Crippen LogP) is 2.34. The van der Waals surface area contributed by atoms with Crippen LogP contribution in [0.25, 0.3) is 0 Å². The Balaban J connectivity index is 2.43. The van der Waals surface area contributed by atoms with E-state index < -0.39 is 15.8 Å². The zero-order chi connectivity index (χ0) is 13.5. The maximum Gasteiger partial charge on any atom is 0.246 e. The molecular weight excluding hydrogens is 323 g/mol. The molecule has 2 rings (SSSR count). The third-order valence-electron chi connectivity index (χ3n) is 3.30. The van der Waals surface area contributed by atoms with E-state index in [1.807, 2.05) is 0 Å². The van der Waals surface area contributed by atoms with Crippen LogP contribution in [0.2, 0.25) is 0 Å². The molecule has 1 aliphatic carbocycles. The van der Waals surface area contributed by atoms with Crippen molar-refractivity contribution in [1.82, 2.24) is 4.31 Å². The highest BCUT2D eigenvalue weighted by Gasteiger charge is 2.33. The molecule has 0 aliphatic heterocycles. The lowest BCUT2D eigenvalue weighted by atomic mass is 9.94. The van der Waals surface area contributed by atoms with E-state index >= 15 is 0 Å². The van der Waals surface area contributed by atoms with E-state index in [9.17, 15) is 12.8 Å². The second-order valence-electron chi connectivity index (χ2n) is 4.41. The van der Waals surface area contributed by atoms with Crippen LogP contribution in [0.1, 0.15) is 19.3 Å². The van der Waals surface area contributed by atoms with Gasteiger partial charge in [-0.2, -0.15) is 4.31 Å². The minimum absolute atomic E-state index is 0.0285. The van der Waals surface area contributed by atoms with E-state index in [2.05, 4.69) is 15.9 Å². The Morgan fingerprint density at radius 2 is 2.06 bits per heavy atom. The smallest absolute Gasteiger partial charge is 0.246 e. The topological polar surface area (TPSA) is 63.4 Å². The number of sulfonamides is 1. The zero-order valence-corrected chi connectivity index (χ0v) is 12.3. The van der Waals surface area contributed by atoms with Gasteiger partial charge in [-0.15, -0.1) is 0 Å². The highest BCUT2D eigenvalue weighted by atomic mass is 79.9. The van der Waals surface area contributed by atoms with Crippen LogP contribution >= 0.6 is 15.9 Å². The fraction of sp³-hybridized carbons (Fsp3) is 0.455. The summed E-state index contributed by atoms with van der Waals surface area (Å²) in [4.78, 5) is -0.363. The van der Waals surface area contributed by atoms with Crippen molar-refractivity contribution in [2.75, 3.05) is 12.8 Å². The average Bonchev–Trinajstić information content (AvgIpc) is 2.20. The molecule has 0 spiro atoms. The molecule has 0 radical (unpaired) electrons. The standard InChI is InChI=1S/C11H14BrFN2O2S/c1-15(7-3-2-4-7)18(16,17)11-6-10(14)8(12)5-9(11)13/h5-7H,2-4,14H2,1H3. The van der Waals surface area contributed by atoms with Gasteiger partial charge in [0, 0.05) is 23.2 Å². The Hall–Kier alpha value is -0.660. The first kappa shape index (κ1) is 13.8. The monoisotopic (exact) mass is 336 g/mol. The number of nitrogens with two attached hydrogens (primary N) is 1. The molecule has 1 aromatic rings. The summed E-state index contributed by atoms with van der Waals surface area (Å²) in [5, 5.41) is 0. The summed E-state index contributed by atoms with van der Waals surface area (Å²) in [5.41, 5.74) is 5.82. The van der Waals surface area contributed by atoms with E-state index in [4.69, 9.17) is 5.73 Å². The maximum atomic E-state index is 13.8. The highest BCUT2D eigenvalue weighted by Crippen LogP contribution is 2.32. The first-order chi connectivity index (χ1) is 8.34. The van der Waals surface area contributed by atoms with Crippen LogP contribution in [0.3, 0.4) is 0 Å². The lowest BCUT2D eigenvalue weighted by Crippen LogP contribution is -2.41. The molecule has 1 fully saturated rings. The van der Waals surface area contributed by atoms with Crippen molar-refractivity contribution in [3.05, 3.63) is 22.4 Å². The minimum Gasteiger partial charge on any atom is -0.398 e. The SMILES string of the molecule is CN(C1CCC1)S(=O)(=O)c1cc(N)c(Br)cc1F. The summed E-state index contributed by atoms with van der Waals surface area (Å²) in [6, 6.07) is 2.21. The van der Waals surface area contributed by atoms with Gasteiger partial charge in [0.05, 0.1) is 0 Å². The largest absolute Gasteiger partial charge is 0.398 e. The number of nitrogen functional groups attached to an aromatic ring is 1. The van der Waals surface area contributed by atoms with E-state index in [1.165, 1.54) is 11.4 Å². The highest BCUT2D eigenvalue weighted by molar-refractivity contribution is 9.10. The molecule has 4 nitrogen and oxygen atoms in total. The molecule has 7 heteroatoms. The van der Waals surface area contributed by atoms with Gasteiger partial charge in [-0.3, -0.25) is 0 Å². The maximum absolute atomic E-state index is 13.8. The lowest BCUT2D eigenvalue weighted by molar-refractivity contribution is 0.249. The van der Waals surface area contributed by atoms with Crippen LogP contribution in [0, 0.1) is 5.82 Å². The van der Waals surface area contributed by atoms with Crippen molar-refractivity contribution in [3.8, 4) is 0 Å². The Kier molecular flexibility index (Phi) is 3.66. The van der Waals surface area contributed by atoms with Crippen LogP contribution in [0.5, 0.6) is 0 Å². The molecule has 18 heavy (non-hydrogen) atoms. The molecule has 0 heterocycles. The van der Waals surface area contributed by atoms with Crippen molar-refractivity contribution < 1.29 is 12.8 Å². The number of halogens is 2. The summed E-state index contributed by atoms with van der Waals surface area (Å²) in [5.74, 6) is -0.790. The van der Waals surface area contributed by atoms with E-state index in [-0.39, 0.29) is 16.6 Å². The third-order valence-corrected chi connectivity index (χ3v) is 5.91. The fourth-order valence-corrected chi connectivity index (χ4v) is 3.65. The molecule has 0 amide bonds. The van der Waals surface area contributed by atoms with Crippen LogP contribution < -0.4 is 5.73 Å². The minimum atomic E-state index is -3.81. The number of hydrogen-bond donors (Lipinski definition) is 1. The van der Waals surface area contributed by atoms with Crippen LogP contribution in [-0.4, -0.2) is 25.8 Å². The lowest BCUT2D eigenvalue weighted by Gasteiger charge is -2.33. The predicted molar refractivity (Wildman–Crippen MR) is 71.1 cm³/mol. The van der Waals surface area contributed by atoms with Gasteiger partial charge in [0.15, 0.2) is 0 Å². The number of rotatable bonds is 3. The summed E-state index contributed by atoms with van der Waals surface area (Å²) in [6.45, 7) is 0. The van der Waals surface area contributed by atoms with Crippen LogP contribution in [-0.2, 0) is 10.0 Å². The summed E-state index contributed by atoms with van der Waals surface area (Å²) in [6.07, 6.45) is 2.65.